The Kier molecular flexibility index (Phi) is 4.76. The molecule has 130 valence electrons. The molecular weight excluding hydrogens is 314 g/mol. The highest BCUT2D eigenvalue weighted by Gasteiger charge is 2.28. The molecule has 0 spiro atoms. The molecule has 1 N–H and O–H groups in total. The zero-order valence-electron chi connectivity index (χ0n) is 14.3. The van der Waals surface area contributed by atoms with Gasteiger partial charge in [-0.1, -0.05) is 48.0 Å². The molecule has 0 unspecified atom stereocenters. The van der Waals surface area contributed by atoms with Gasteiger partial charge in [0, 0.05) is 18.7 Å². The number of hydrogen-bond donors (Lipinski definition) is 1. The number of aliphatic hydroxyl groups excluding tert-OH is 1. The summed E-state index contributed by atoms with van der Waals surface area (Å²) in [5.74, 6) is 1.34. The van der Waals surface area contributed by atoms with E-state index in [1.807, 2.05) is 18.2 Å². The average Bonchev–Trinajstić information content (AvgIpc) is 3.16. The average molecular weight is 337 g/mol. The Balaban J connectivity index is 1.59. The molecule has 0 amide bonds. The van der Waals surface area contributed by atoms with Crippen LogP contribution in [0.4, 0.5) is 0 Å². The number of aromatic nitrogens is 2. The number of hydrogen-bond acceptors (Lipinski definition) is 5. The van der Waals surface area contributed by atoms with Gasteiger partial charge in [0.1, 0.15) is 0 Å². The molecule has 2 aromatic carbocycles. The number of fused-ring (bicyclic) bond motifs is 1. The molecule has 1 aliphatic rings. The number of nitrogens with zero attached hydrogens (tertiary/aromatic N) is 3. The predicted molar refractivity (Wildman–Crippen MR) is 97.1 cm³/mol. The lowest BCUT2D eigenvalue weighted by molar-refractivity contribution is 0.109. The predicted octanol–water partition coefficient (Wildman–Crippen LogP) is 3.80. The van der Waals surface area contributed by atoms with Crippen molar-refractivity contribution in [2.45, 2.75) is 31.7 Å². The van der Waals surface area contributed by atoms with E-state index in [0.29, 0.717) is 11.7 Å². The van der Waals surface area contributed by atoms with Crippen LogP contribution in [0.1, 0.15) is 37.6 Å². The summed E-state index contributed by atoms with van der Waals surface area (Å²) in [7, 11) is 0. The molecule has 2 heterocycles. The zero-order valence-corrected chi connectivity index (χ0v) is 14.3. The maximum Gasteiger partial charge on any atom is 0.244 e. The monoisotopic (exact) mass is 337 g/mol. The van der Waals surface area contributed by atoms with Crippen molar-refractivity contribution in [3.8, 4) is 11.4 Å². The minimum absolute atomic E-state index is 0.169. The first-order valence-electron chi connectivity index (χ1n) is 9.03. The van der Waals surface area contributed by atoms with Gasteiger partial charge in [0.05, 0.1) is 6.04 Å². The van der Waals surface area contributed by atoms with Crippen LogP contribution in [0.25, 0.3) is 22.2 Å². The first-order valence-corrected chi connectivity index (χ1v) is 9.03. The number of likely N-dealkylation sites (tertiary alicyclic amines) is 1. The molecule has 0 aliphatic carbocycles. The van der Waals surface area contributed by atoms with E-state index in [9.17, 15) is 0 Å². The number of benzene rings is 2. The van der Waals surface area contributed by atoms with E-state index in [2.05, 4.69) is 39.3 Å². The van der Waals surface area contributed by atoms with Crippen molar-refractivity contribution in [3.63, 3.8) is 0 Å². The van der Waals surface area contributed by atoms with Crippen molar-refractivity contribution in [2.24, 2.45) is 0 Å². The van der Waals surface area contributed by atoms with Gasteiger partial charge in [-0.25, -0.2) is 0 Å². The second kappa shape index (κ2) is 7.33. The van der Waals surface area contributed by atoms with Crippen LogP contribution >= 0.6 is 0 Å². The van der Waals surface area contributed by atoms with Crippen molar-refractivity contribution in [3.05, 3.63) is 48.4 Å². The molecular formula is C20H23N3O2. The fourth-order valence-electron chi connectivity index (χ4n) is 3.63. The summed E-state index contributed by atoms with van der Waals surface area (Å²) in [6.07, 6.45) is 4.18. The van der Waals surface area contributed by atoms with Gasteiger partial charge < -0.3 is 9.63 Å². The third kappa shape index (κ3) is 3.43. The van der Waals surface area contributed by atoms with Gasteiger partial charge in [0.15, 0.2) is 0 Å². The molecule has 1 saturated heterocycles. The Labute approximate surface area is 147 Å². The molecule has 25 heavy (non-hydrogen) atoms. The van der Waals surface area contributed by atoms with Crippen molar-refractivity contribution in [2.75, 3.05) is 19.7 Å². The Morgan fingerprint density at radius 2 is 2.00 bits per heavy atom. The normalized spacial score (nSPS) is 18.7. The lowest BCUT2D eigenvalue weighted by atomic mass is 10.0. The molecule has 0 radical (unpaired) electrons. The summed E-state index contributed by atoms with van der Waals surface area (Å²) in [5, 5.41) is 15.7. The molecule has 4 rings (SSSR count). The maximum atomic E-state index is 9.11. The summed E-state index contributed by atoms with van der Waals surface area (Å²) in [6, 6.07) is 14.7. The van der Waals surface area contributed by atoms with E-state index < -0.39 is 0 Å². The van der Waals surface area contributed by atoms with Gasteiger partial charge in [-0.05, 0) is 42.6 Å². The second-order valence-electron chi connectivity index (χ2n) is 6.64. The van der Waals surface area contributed by atoms with Gasteiger partial charge in [-0.3, -0.25) is 4.90 Å². The lowest BCUT2D eigenvalue weighted by Crippen LogP contribution is -2.34. The molecule has 0 saturated carbocycles. The molecule has 1 atom stereocenters. The summed E-state index contributed by atoms with van der Waals surface area (Å²) >= 11 is 0. The summed E-state index contributed by atoms with van der Waals surface area (Å²) in [6.45, 7) is 2.11. The second-order valence-corrected chi connectivity index (χ2v) is 6.64. The lowest BCUT2D eigenvalue weighted by Gasteiger charge is -2.33. The van der Waals surface area contributed by atoms with Crippen LogP contribution in [0, 0.1) is 0 Å². The molecule has 1 aromatic heterocycles. The van der Waals surface area contributed by atoms with Crippen molar-refractivity contribution >= 4 is 10.8 Å². The van der Waals surface area contributed by atoms with Crippen LogP contribution in [0.15, 0.2) is 47.0 Å². The topological polar surface area (TPSA) is 62.4 Å². The summed E-state index contributed by atoms with van der Waals surface area (Å²) in [4.78, 5) is 7.05. The van der Waals surface area contributed by atoms with E-state index in [-0.39, 0.29) is 12.6 Å². The van der Waals surface area contributed by atoms with Crippen LogP contribution in [-0.4, -0.2) is 39.8 Å². The molecule has 5 nitrogen and oxygen atoms in total. The van der Waals surface area contributed by atoms with Crippen LogP contribution in [0.5, 0.6) is 0 Å². The highest BCUT2D eigenvalue weighted by Crippen LogP contribution is 2.31. The molecule has 5 heteroatoms. The quantitative estimate of drug-likeness (QED) is 0.767. The first kappa shape index (κ1) is 16.2. The Hall–Kier alpha value is -2.24. The minimum Gasteiger partial charge on any atom is -0.396 e. The molecule has 0 bridgehead atoms. The van der Waals surface area contributed by atoms with E-state index in [4.69, 9.17) is 9.63 Å². The van der Waals surface area contributed by atoms with Crippen molar-refractivity contribution < 1.29 is 9.63 Å². The van der Waals surface area contributed by atoms with E-state index >= 15 is 0 Å². The molecule has 1 fully saturated rings. The Bertz CT molecular complexity index is 846. The smallest absolute Gasteiger partial charge is 0.244 e. The van der Waals surface area contributed by atoms with E-state index in [1.54, 1.807) is 0 Å². The number of rotatable bonds is 5. The van der Waals surface area contributed by atoms with Crippen LogP contribution in [-0.2, 0) is 0 Å². The van der Waals surface area contributed by atoms with E-state index in [0.717, 1.165) is 31.5 Å². The molecule has 1 aliphatic heterocycles. The third-order valence-corrected chi connectivity index (χ3v) is 4.95. The van der Waals surface area contributed by atoms with Crippen molar-refractivity contribution in [1.82, 2.24) is 15.0 Å². The minimum atomic E-state index is 0.169. The van der Waals surface area contributed by atoms with Gasteiger partial charge in [-0.15, -0.1) is 0 Å². The summed E-state index contributed by atoms with van der Waals surface area (Å²) in [5.41, 5.74) is 0.978. The van der Waals surface area contributed by atoms with Gasteiger partial charge in [-0.2, -0.15) is 4.98 Å². The highest BCUT2D eigenvalue weighted by atomic mass is 16.5. The fraction of sp³-hybridized carbons (Fsp3) is 0.400. The van der Waals surface area contributed by atoms with Crippen LogP contribution < -0.4 is 0 Å². The fourth-order valence-corrected chi connectivity index (χ4v) is 3.63. The van der Waals surface area contributed by atoms with Crippen molar-refractivity contribution in [1.29, 1.82) is 0 Å². The zero-order chi connectivity index (χ0) is 17.1. The van der Waals surface area contributed by atoms with Crippen LogP contribution in [0.2, 0.25) is 0 Å². The highest BCUT2D eigenvalue weighted by molar-refractivity contribution is 5.86. The SMILES string of the molecule is OCCCN1CCCC[C@H]1c1nc(-c2ccc3ccccc3c2)no1. The van der Waals surface area contributed by atoms with Gasteiger partial charge in [0.2, 0.25) is 11.7 Å². The first-order chi connectivity index (χ1) is 12.3. The standard InChI is InChI=1S/C20H23N3O2/c24-13-5-12-23-11-4-3-8-18(23)20-21-19(22-25-20)17-10-9-15-6-1-2-7-16(15)14-17/h1-2,6-7,9-10,14,18,24H,3-5,8,11-13H2/t18-/m0/s1. The third-order valence-electron chi connectivity index (χ3n) is 4.95. The van der Waals surface area contributed by atoms with E-state index in [1.165, 1.54) is 23.6 Å². The number of aliphatic hydroxyl groups is 1. The Morgan fingerprint density at radius 1 is 1.12 bits per heavy atom. The van der Waals surface area contributed by atoms with Gasteiger partial charge >= 0.3 is 0 Å². The Morgan fingerprint density at radius 3 is 2.88 bits per heavy atom. The largest absolute Gasteiger partial charge is 0.396 e. The maximum absolute atomic E-state index is 9.11. The number of piperidine rings is 1. The van der Waals surface area contributed by atoms with Crippen LogP contribution in [0.3, 0.4) is 0 Å². The summed E-state index contributed by atoms with van der Waals surface area (Å²) < 4.78 is 5.62. The molecule has 3 aromatic rings. The van der Waals surface area contributed by atoms with Gasteiger partial charge in [0.25, 0.3) is 0 Å².